The van der Waals surface area contributed by atoms with Crippen molar-refractivity contribution in [1.29, 1.82) is 0 Å². The van der Waals surface area contributed by atoms with E-state index in [-0.39, 0.29) is 24.5 Å². The Morgan fingerprint density at radius 1 is 0.893 bits per heavy atom. The van der Waals surface area contributed by atoms with E-state index in [0.29, 0.717) is 23.6 Å². The number of Topliss-reactive ketones (excluding diaryl/α,β-unsaturated/α-hetero) is 1. The first-order valence-corrected chi connectivity index (χ1v) is 9.32. The Balaban J connectivity index is 2.01. The molecule has 0 radical (unpaired) electrons. The molecule has 0 spiro atoms. The van der Waals surface area contributed by atoms with Crippen LogP contribution in [0.2, 0.25) is 0 Å². The van der Waals surface area contributed by atoms with Crippen molar-refractivity contribution in [3.05, 3.63) is 58.1 Å². The highest BCUT2D eigenvalue weighted by Crippen LogP contribution is 2.30. The van der Waals surface area contributed by atoms with Crippen molar-refractivity contribution in [1.82, 2.24) is 4.90 Å². The highest BCUT2D eigenvalue weighted by atomic mass is 16.5. The quantitative estimate of drug-likeness (QED) is 0.640. The lowest BCUT2D eigenvalue weighted by Gasteiger charge is -2.20. The monoisotopic (exact) mass is 383 g/mol. The maximum Gasteiger partial charge on any atom is 0.223 e. The highest BCUT2D eigenvalue weighted by molar-refractivity contribution is 5.99. The molecule has 0 saturated carbocycles. The van der Waals surface area contributed by atoms with Crippen LogP contribution in [0.5, 0.6) is 11.5 Å². The molecular formula is C23H29NO4. The van der Waals surface area contributed by atoms with Crippen LogP contribution < -0.4 is 9.47 Å². The van der Waals surface area contributed by atoms with Crippen LogP contribution in [0.3, 0.4) is 0 Å². The van der Waals surface area contributed by atoms with Gasteiger partial charge in [0.1, 0.15) is 0 Å². The molecule has 5 heteroatoms. The van der Waals surface area contributed by atoms with E-state index >= 15 is 0 Å². The number of carbonyl (C=O) groups is 2. The first-order valence-electron chi connectivity index (χ1n) is 9.32. The minimum atomic E-state index is -0.0622. The summed E-state index contributed by atoms with van der Waals surface area (Å²) in [4.78, 5) is 26.7. The Bertz CT molecular complexity index is 873. The molecule has 0 unspecified atom stereocenters. The van der Waals surface area contributed by atoms with Crippen molar-refractivity contribution in [2.45, 2.75) is 40.2 Å². The molecular weight excluding hydrogens is 354 g/mol. The Morgan fingerprint density at radius 3 is 2.18 bits per heavy atom. The number of hydrogen-bond donors (Lipinski definition) is 0. The first-order chi connectivity index (χ1) is 13.3. The maximum absolute atomic E-state index is 12.5. The van der Waals surface area contributed by atoms with Crippen LogP contribution in [-0.4, -0.2) is 37.9 Å². The predicted molar refractivity (Wildman–Crippen MR) is 110 cm³/mol. The van der Waals surface area contributed by atoms with Crippen molar-refractivity contribution >= 4 is 11.7 Å². The molecule has 0 aliphatic rings. The smallest absolute Gasteiger partial charge is 0.223 e. The van der Waals surface area contributed by atoms with Crippen LogP contribution in [-0.2, 0) is 11.3 Å². The van der Waals surface area contributed by atoms with E-state index < -0.39 is 0 Å². The fourth-order valence-electron chi connectivity index (χ4n) is 3.12. The van der Waals surface area contributed by atoms with Gasteiger partial charge in [0, 0.05) is 32.0 Å². The van der Waals surface area contributed by atoms with Crippen LogP contribution in [0.15, 0.2) is 30.3 Å². The van der Waals surface area contributed by atoms with Gasteiger partial charge >= 0.3 is 0 Å². The summed E-state index contributed by atoms with van der Waals surface area (Å²) in [5, 5.41) is 0. The van der Waals surface area contributed by atoms with Gasteiger partial charge < -0.3 is 14.4 Å². The van der Waals surface area contributed by atoms with Crippen molar-refractivity contribution in [2.24, 2.45) is 0 Å². The number of methoxy groups -OCH3 is 2. The summed E-state index contributed by atoms with van der Waals surface area (Å²) in [6, 6.07) is 9.60. The second-order valence-corrected chi connectivity index (χ2v) is 7.13. The molecule has 0 N–H and O–H groups in total. The summed E-state index contributed by atoms with van der Waals surface area (Å²) in [6.07, 6.45) is 0.396. The summed E-state index contributed by atoms with van der Waals surface area (Å²) >= 11 is 0. The number of nitrogens with zero attached hydrogens (tertiary/aromatic N) is 1. The van der Waals surface area contributed by atoms with Crippen LogP contribution in [0.4, 0.5) is 0 Å². The van der Waals surface area contributed by atoms with Gasteiger partial charge in [-0.05, 0) is 55.7 Å². The molecule has 0 aliphatic heterocycles. The molecule has 1 amide bonds. The van der Waals surface area contributed by atoms with Crippen molar-refractivity contribution in [3.8, 4) is 11.5 Å². The predicted octanol–water partition coefficient (Wildman–Crippen LogP) is 4.25. The zero-order valence-corrected chi connectivity index (χ0v) is 17.6. The van der Waals surface area contributed by atoms with Crippen LogP contribution in [0.25, 0.3) is 0 Å². The van der Waals surface area contributed by atoms with Crippen LogP contribution in [0.1, 0.15) is 45.5 Å². The van der Waals surface area contributed by atoms with Gasteiger partial charge in [0.25, 0.3) is 0 Å². The third-order valence-electron chi connectivity index (χ3n) is 4.93. The van der Waals surface area contributed by atoms with E-state index in [1.165, 1.54) is 0 Å². The Labute approximate surface area is 167 Å². The number of hydrogen-bond acceptors (Lipinski definition) is 4. The zero-order chi connectivity index (χ0) is 20.8. The molecule has 150 valence electrons. The SMILES string of the molecule is COc1cc(C)c(CN(C)C(=O)CCC(=O)c2cc(C)ccc2C)cc1OC. The number of amides is 1. The van der Waals surface area contributed by atoms with Gasteiger partial charge in [-0.25, -0.2) is 0 Å². The van der Waals surface area contributed by atoms with Gasteiger partial charge in [-0.2, -0.15) is 0 Å². The number of carbonyl (C=O) groups excluding carboxylic acids is 2. The average Bonchev–Trinajstić information content (AvgIpc) is 2.68. The van der Waals surface area contributed by atoms with Gasteiger partial charge in [-0.3, -0.25) is 9.59 Å². The summed E-state index contributed by atoms with van der Waals surface area (Å²) in [7, 11) is 4.94. The molecule has 0 aromatic heterocycles. The number of ketones is 1. The molecule has 2 aromatic carbocycles. The topological polar surface area (TPSA) is 55.8 Å². The molecule has 2 aromatic rings. The first kappa shape index (κ1) is 21.5. The minimum absolute atomic E-state index is 0.00486. The normalized spacial score (nSPS) is 10.5. The van der Waals surface area contributed by atoms with Crippen LogP contribution >= 0.6 is 0 Å². The van der Waals surface area contributed by atoms with Gasteiger partial charge in [0.05, 0.1) is 14.2 Å². The second kappa shape index (κ2) is 9.40. The molecule has 0 aliphatic carbocycles. The van der Waals surface area contributed by atoms with Gasteiger partial charge in [0.2, 0.25) is 5.91 Å². The van der Waals surface area contributed by atoms with Gasteiger partial charge in [0.15, 0.2) is 17.3 Å². The lowest BCUT2D eigenvalue weighted by atomic mass is 9.99. The third kappa shape index (κ3) is 5.12. The molecule has 0 fully saturated rings. The lowest BCUT2D eigenvalue weighted by molar-refractivity contribution is -0.130. The number of ether oxygens (including phenoxy) is 2. The van der Waals surface area contributed by atoms with Gasteiger partial charge in [-0.1, -0.05) is 17.7 Å². The Hall–Kier alpha value is -2.82. The molecule has 0 atom stereocenters. The number of aryl methyl sites for hydroxylation is 3. The summed E-state index contributed by atoms with van der Waals surface area (Å²) < 4.78 is 10.7. The number of benzene rings is 2. The minimum Gasteiger partial charge on any atom is -0.493 e. The fourth-order valence-corrected chi connectivity index (χ4v) is 3.12. The Morgan fingerprint density at radius 2 is 1.54 bits per heavy atom. The largest absolute Gasteiger partial charge is 0.493 e. The van der Waals surface area contributed by atoms with Crippen molar-refractivity contribution in [3.63, 3.8) is 0 Å². The lowest BCUT2D eigenvalue weighted by Crippen LogP contribution is -2.27. The average molecular weight is 383 g/mol. The molecule has 0 saturated heterocycles. The summed E-state index contributed by atoms with van der Waals surface area (Å²) in [5.41, 5.74) is 4.68. The van der Waals surface area contributed by atoms with E-state index in [4.69, 9.17) is 9.47 Å². The van der Waals surface area contributed by atoms with Crippen molar-refractivity contribution in [2.75, 3.05) is 21.3 Å². The summed E-state index contributed by atoms with van der Waals surface area (Å²) in [5.74, 6) is 1.24. The molecule has 2 rings (SSSR count). The standard InChI is InChI=1S/C23H29NO4/c1-15-7-8-16(2)19(11-15)20(25)9-10-23(26)24(4)14-18-13-22(28-6)21(27-5)12-17(18)3/h7-8,11-13H,9-10,14H2,1-6H3. The van der Waals surface area contributed by atoms with Crippen molar-refractivity contribution < 1.29 is 19.1 Å². The fraction of sp³-hybridized carbons (Fsp3) is 0.391. The van der Waals surface area contributed by atoms with E-state index in [1.807, 2.05) is 51.1 Å². The maximum atomic E-state index is 12.5. The molecule has 28 heavy (non-hydrogen) atoms. The zero-order valence-electron chi connectivity index (χ0n) is 17.6. The van der Waals surface area contributed by atoms with E-state index in [2.05, 4.69) is 0 Å². The molecule has 0 heterocycles. The third-order valence-corrected chi connectivity index (χ3v) is 4.93. The van der Waals surface area contributed by atoms with E-state index in [9.17, 15) is 9.59 Å². The Kier molecular flexibility index (Phi) is 7.21. The van der Waals surface area contributed by atoms with Gasteiger partial charge in [-0.15, -0.1) is 0 Å². The summed E-state index contributed by atoms with van der Waals surface area (Å²) in [6.45, 7) is 6.30. The highest BCUT2D eigenvalue weighted by Gasteiger charge is 2.16. The van der Waals surface area contributed by atoms with E-state index in [0.717, 1.165) is 22.3 Å². The number of rotatable bonds is 8. The van der Waals surface area contributed by atoms with E-state index in [1.54, 1.807) is 26.2 Å². The molecule has 5 nitrogen and oxygen atoms in total. The van der Waals surface area contributed by atoms with Crippen LogP contribution in [0, 0.1) is 20.8 Å². The second-order valence-electron chi connectivity index (χ2n) is 7.13. The molecule has 0 bridgehead atoms.